The van der Waals surface area contributed by atoms with E-state index in [1.54, 1.807) is 12.5 Å². The summed E-state index contributed by atoms with van der Waals surface area (Å²) >= 11 is 0. The van der Waals surface area contributed by atoms with Crippen LogP contribution in [0.2, 0.25) is 0 Å². The van der Waals surface area contributed by atoms with Gasteiger partial charge in [0, 0.05) is 23.3 Å². The monoisotopic (exact) mass is 465 g/mol. The number of benzene rings is 2. The van der Waals surface area contributed by atoms with Crippen LogP contribution >= 0.6 is 0 Å². The molecule has 1 atom stereocenters. The first kappa shape index (κ1) is 21.5. The minimum absolute atomic E-state index is 0.380. The van der Waals surface area contributed by atoms with Crippen LogP contribution in [0.25, 0.3) is 21.8 Å². The first-order chi connectivity index (χ1) is 17.3. The fourth-order valence-electron chi connectivity index (χ4n) is 4.62. The van der Waals surface area contributed by atoms with E-state index in [9.17, 15) is 0 Å². The van der Waals surface area contributed by atoms with E-state index in [-0.39, 0.29) is 0 Å². The van der Waals surface area contributed by atoms with Crippen LogP contribution in [0.5, 0.6) is 5.75 Å². The van der Waals surface area contributed by atoms with Gasteiger partial charge >= 0.3 is 0 Å². The molecule has 6 rings (SSSR count). The van der Waals surface area contributed by atoms with Gasteiger partial charge < -0.3 is 15.4 Å². The highest BCUT2D eigenvalue weighted by molar-refractivity contribution is 5.96. The van der Waals surface area contributed by atoms with Crippen LogP contribution in [-0.4, -0.2) is 43.9 Å². The number of nitrogens with one attached hydrogen (secondary N) is 2. The highest BCUT2D eigenvalue weighted by Gasteiger charge is 2.16. The number of rotatable bonds is 7. The van der Waals surface area contributed by atoms with E-state index in [2.05, 4.69) is 42.8 Å². The summed E-state index contributed by atoms with van der Waals surface area (Å²) in [5.41, 5.74) is 3.81. The molecule has 176 valence electrons. The van der Waals surface area contributed by atoms with Gasteiger partial charge in [-0.25, -0.2) is 9.97 Å². The van der Waals surface area contributed by atoms with Crippen LogP contribution in [0, 0.1) is 0 Å². The predicted octanol–water partition coefficient (Wildman–Crippen LogP) is 4.69. The van der Waals surface area contributed by atoms with E-state index < -0.39 is 0 Å². The normalized spacial score (nSPS) is 15.9. The zero-order valence-electron chi connectivity index (χ0n) is 19.4. The minimum atomic E-state index is 0.380. The van der Waals surface area contributed by atoms with Crippen LogP contribution < -0.4 is 15.4 Å². The molecule has 0 saturated carbocycles. The average molecular weight is 466 g/mol. The summed E-state index contributed by atoms with van der Waals surface area (Å²) in [6, 6.07) is 18.5. The first-order valence-electron chi connectivity index (χ1n) is 12.1. The van der Waals surface area contributed by atoms with Crippen LogP contribution in [0.3, 0.4) is 0 Å². The Labute approximate surface area is 203 Å². The Kier molecular flexibility index (Phi) is 5.94. The Balaban J connectivity index is 1.26. The quantitative estimate of drug-likeness (QED) is 0.360. The van der Waals surface area contributed by atoms with Gasteiger partial charge in [-0.15, -0.1) is 0 Å². The number of hydrogen-bond donors (Lipinski definition) is 2. The number of pyridine rings is 1. The average Bonchev–Trinajstić information content (AvgIpc) is 3.30. The summed E-state index contributed by atoms with van der Waals surface area (Å²) < 4.78 is 8.23. The van der Waals surface area contributed by atoms with E-state index in [0.29, 0.717) is 19.2 Å². The zero-order chi connectivity index (χ0) is 23.5. The van der Waals surface area contributed by atoms with Crippen LogP contribution in [0.15, 0.2) is 73.3 Å². The van der Waals surface area contributed by atoms with Crippen molar-refractivity contribution in [3.05, 3.63) is 79.0 Å². The lowest BCUT2D eigenvalue weighted by Gasteiger charge is -2.24. The molecule has 35 heavy (non-hydrogen) atoms. The summed E-state index contributed by atoms with van der Waals surface area (Å²) in [5, 5.41) is 13.5. The number of anilines is 2. The third-order valence-corrected chi connectivity index (χ3v) is 6.42. The topological polar surface area (TPSA) is 89.8 Å². The fourth-order valence-corrected chi connectivity index (χ4v) is 4.62. The van der Waals surface area contributed by atoms with Crippen molar-refractivity contribution in [2.24, 2.45) is 0 Å². The van der Waals surface area contributed by atoms with Gasteiger partial charge in [0.2, 0.25) is 0 Å². The summed E-state index contributed by atoms with van der Waals surface area (Å²) in [5.74, 6) is 1.52. The molecule has 0 amide bonds. The summed E-state index contributed by atoms with van der Waals surface area (Å²) in [6.45, 7) is 2.32. The Bertz CT molecular complexity index is 1440. The Morgan fingerprint density at radius 2 is 2.03 bits per heavy atom. The van der Waals surface area contributed by atoms with Crippen molar-refractivity contribution >= 4 is 33.3 Å². The van der Waals surface area contributed by atoms with Crippen LogP contribution in [0.4, 0.5) is 11.5 Å². The second kappa shape index (κ2) is 9.68. The van der Waals surface area contributed by atoms with Crippen LogP contribution in [-0.2, 0) is 6.54 Å². The number of fused-ring (bicyclic) bond motifs is 2. The maximum atomic E-state index is 6.27. The second-order valence-corrected chi connectivity index (χ2v) is 8.85. The molecule has 2 N–H and O–H groups in total. The Morgan fingerprint density at radius 1 is 1.03 bits per heavy atom. The van der Waals surface area contributed by atoms with E-state index in [0.717, 1.165) is 57.7 Å². The van der Waals surface area contributed by atoms with Gasteiger partial charge in [0.1, 0.15) is 24.5 Å². The van der Waals surface area contributed by atoms with Crippen molar-refractivity contribution in [2.75, 3.05) is 18.5 Å². The van der Waals surface area contributed by atoms with Gasteiger partial charge in [-0.1, -0.05) is 18.6 Å². The highest BCUT2D eigenvalue weighted by Crippen LogP contribution is 2.32. The lowest BCUT2D eigenvalue weighted by Crippen LogP contribution is -2.38. The van der Waals surface area contributed by atoms with E-state index in [1.807, 2.05) is 53.3 Å². The third-order valence-electron chi connectivity index (χ3n) is 6.42. The minimum Gasteiger partial charge on any atom is -0.491 e. The molecule has 8 nitrogen and oxygen atoms in total. The smallest absolute Gasteiger partial charge is 0.145 e. The molecule has 1 aliphatic rings. The largest absolute Gasteiger partial charge is 0.491 e. The molecule has 1 aliphatic heterocycles. The van der Waals surface area contributed by atoms with Gasteiger partial charge in [-0.3, -0.25) is 9.67 Å². The molecule has 1 fully saturated rings. The Morgan fingerprint density at radius 3 is 2.91 bits per heavy atom. The molecule has 1 saturated heterocycles. The number of piperidine rings is 1. The molecule has 0 radical (unpaired) electrons. The highest BCUT2D eigenvalue weighted by atomic mass is 16.5. The number of nitrogens with zero attached hydrogens (tertiary/aromatic N) is 5. The first-order valence-corrected chi connectivity index (χ1v) is 12.1. The molecule has 5 aromatic rings. The summed E-state index contributed by atoms with van der Waals surface area (Å²) in [4.78, 5) is 13.4. The molecule has 2 aromatic carbocycles. The molecule has 0 spiro atoms. The maximum Gasteiger partial charge on any atom is 0.145 e. The molecule has 0 bridgehead atoms. The van der Waals surface area contributed by atoms with Crippen LogP contribution in [0.1, 0.15) is 25.0 Å². The van der Waals surface area contributed by atoms with E-state index in [4.69, 9.17) is 4.74 Å². The van der Waals surface area contributed by atoms with Crippen molar-refractivity contribution in [1.82, 2.24) is 30.0 Å². The van der Waals surface area contributed by atoms with Crippen molar-refractivity contribution in [2.45, 2.75) is 31.8 Å². The van der Waals surface area contributed by atoms with Crippen molar-refractivity contribution in [3.63, 3.8) is 0 Å². The molecule has 0 aliphatic carbocycles. The van der Waals surface area contributed by atoms with Gasteiger partial charge in [0.05, 0.1) is 34.9 Å². The fraction of sp³-hybridized carbons (Fsp3) is 0.259. The van der Waals surface area contributed by atoms with E-state index >= 15 is 0 Å². The molecule has 3 aromatic heterocycles. The van der Waals surface area contributed by atoms with Crippen molar-refractivity contribution in [1.29, 1.82) is 0 Å². The van der Waals surface area contributed by atoms with Gasteiger partial charge in [0.15, 0.2) is 0 Å². The number of ether oxygens (including phenoxy) is 1. The molecule has 8 heteroatoms. The van der Waals surface area contributed by atoms with Crippen molar-refractivity contribution in [3.8, 4) is 5.75 Å². The van der Waals surface area contributed by atoms with Gasteiger partial charge in [-0.05, 0) is 61.9 Å². The molecular weight excluding hydrogens is 438 g/mol. The van der Waals surface area contributed by atoms with Crippen molar-refractivity contribution < 1.29 is 4.74 Å². The van der Waals surface area contributed by atoms with E-state index in [1.165, 1.54) is 12.8 Å². The van der Waals surface area contributed by atoms with Gasteiger partial charge in [-0.2, -0.15) is 5.10 Å². The maximum absolute atomic E-state index is 6.27. The van der Waals surface area contributed by atoms with Gasteiger partial charge in [0.25, 0.3) is 0 Å². The lowest BCUT2D eigenvalue weighted by atomic mass is 10.1. The number of aromatic nitrogens is 5. The second-order valence-electron chi connectivity index (χ2n) is 8.85. The lowest BCUT2D eigenvalue weighted by molar-refractivity contribution is 0.241. The molecular formula is C27H27N7O. The SMILES string of the molecule is c1ccc(Cn2ncc3cc(Nc4ncnc5cccc(OC[C@H]6CCCCN6)c45)ccc32)nc1. The predicted molar refractivity (Wildman–Crippen MR) is 137 cm³/mol. The molecule has 4 heterocycles. The summed E-state index contributed by atoms with van der Waals surface area (Å²) in [7, 11) is 0. The summed E-state index contributed by atoms with van der Waals surface area (Å²) in [6.07, 6.45) is 8.89. The number of hydrogen-bond acceptors (Lipinski definition) is 7. The molecule has 0 unspecified atom stereocenters. The standard InChI is InChI=1S/C27H27N7O/c1-3-12-28-21(6-1)16-34-24-11-10-20(14-19(24)15-32-34)33-27-26-23(30-18-31-27)8-5-9-25(26)35-17-22-7-2-4-13-29-22/h1,3,5-6,8-12,14-15,18,22,29H,2,4,7,13,16-17H2,(H,30,31,33)/t22-/m1/s1. The zero-order valence-corrected chi connectivity index (χ0v) is 19.4. The third kappa shape index (κ3) is 4.65. The Hall–Kier alpha value is -4.04.